The first kappa shape index (κ1) is 18.4. The molecule has 5 N–H and O–H groups in total. The molecule has 140 valence electrons. The first-order valence-corrected chi connectivity index (χ1v) is 8.94. The predicted molar refractivity (Wildman–Crippen MR) is 97.3 cm³/mol. The zero-order chi connectivity index (χ0) is 18.9. The van der Waals surface area contributed by atoms with E-state index in [1.165, 1.54) is 0 Å². The SMILES string of the molecule is CNC(=O)C1=CC(C(N)=O)([C@H]2CC[C@H](O)C2)N([C@@H](C)c2ccccc2)N1. The van der Waals surface area contributed by atoms with Gasteiger partial charge in [-0.1, -0.05) is 30.3 Å². The van der Waals surface area contributed by atoms with Gasteiger partial charge in [-0.25, -0.2) is 0 Å². The van der Waals surface area contributed by atoms with Crippen LogP contribution >= 0.6 is 0 Å². The molecule has 3 rings (SSSR count). The minimum absolute atomic E-state index is 0.171. The second-order valence-electron chi connectivity index (χ2n) is 7.06. The lowest BCUT2D eigenvalue weighted by atomic mass is 9.80. The molecule has 0 radical (unpaired) electrons. The number of carbonyl (C=O) groups is 2. The highest BCUT2D eigenvalue weighted by Crippen LogP contribution is 2.44. The lowest BCUT2D eigenvalue weighted by Gasteiger charge is -2.42. The summed E-state index contributed by atoms with van der Waals surface area (Å²) in [6.45, 7) is 1.96. The van der Waals surface area contributed by atoms with Crippen LogP contribution in [0.3, 0.4) is 0 Å². The van der Waals surface area contributed by atoms with Gasteiger partial charge < -0.3 is 21.6 Å². The zero-order valence-corrected chi connectivity index (χ0v) is 15.1. The monoisotopic (exact) mass is 358 g/mol. The number of hydrogen-bond acceptors (Lipinski definition) is 5. The van der Waals surface area contributed by atoms with Gasteiger partial charge in [0.25, 0.3) is 5.91 Å². The average Bonchev–Trinajstić information content (AvgIpc) is 3.26. The van der Waals surface area contributed by atoms with E-state index in [1.807, 2.05) is 37.3 Å². The van der Waals surface area contributed by atoms with Crippen LogP contribution in [-0.4, -0.2) is 40.6 Å². The first-order valence-electron chi connectivity index (χ1n) is 8.94. The highest BCUT2D eigenvalue weighted by atomic mass is 16.3. The van der Waals surface area contributed by atoms with E-state index >= 15 is 0 Å². The number of aliphatic hydroxyl groups is 1. The van der Waals surface area contributed by atoms with Crippen LogP contribution in [0.25, 0.3) is 0 Å². The van der Waals surface area contributed by atoms with Crippen molar-refractivity contribution in [2.45, 2.75) is 43.9 Å². The quantitative estimate of drug-likeness (QED) is 0.616. The summed E-state index contributed by atoms with van der Waals surface area (Å²) < 4.78 is 0. The summed E-state index contributed by atoms with van der Waals surface area (Å²) in [7, 11) is 1.54. The maximum atomic E-state index is 12.7. The van der Waals surface area contributed by atoms with Crippen LogP contribution in [0.15, 0.2) is 42.1 Å². The first-order chi connectivity index (χ1) is 12.4. The summed E-state index contributed by atoms with van der Waals surface area (Å²) in [5.41, 5.74) is 9.12. The number of aliphatic hydroxyl groups excluding tert-OH is 1. The number of primary amides is 1. The Labute approximate surface area is 153 Å². The maximum absolute atomic E-state index is 12.7. The Morgan fingerprint density at radius 1 is 1.35 bits per heavy atom. The summed E-state index contributed by atoms with van der Waals surface area (Å²) in [4.78, 5) is 24.9. The highest BCUT2D eigenvalue weighted by Gasteiger charge is 2.55. The van der Waals surface area contributed by atoms with Crippen molar-refractivity contribution in [1.82, 2.24) is 15.8 Å². The topological polar surface area (TPSA) is 108 Å². The number of likely N-dealkylation sites (N-methyl/N-ethyl adjacent to an activating group) is 1. The van der Waals surface area contributed by atoms with Crippen molar-refractivity contribution in [2.75, 3.05) is 7.05 Å². The zero-order valence-electron chi connectivity index (χ0n) is 15.1. The van der Waals surface area contributed by atoms with Crippen molar-refractivity contribution in [3.63, 3.8) is 0 Å². The fraction of sp³-hybridized carbons (Fsp3) is 0.474. The Morgan fingerprint density at radius 3 is 2.58 bits per heavy atom. The molecule has 4 atom stereocenters. The Kier molecular flexibility index (Phi) is 5.02. The number of nitrogens with two attached hydrogens (primary N) is 1. The van der Waals surface area contributed by atoms with Crippen LogP contribution in [0.2, 0.25) is 0 Å². The van der Waals surface area contributed by atoms with Crippen LogP contribution in [0.5, 0.6) is 0 Å². The third-order valence-electron chi connectivity index (χ3n) is 5.57. The van der Waals surface area contributed by atoms with Gasteiger partial charge in [-0.05, 0) is 43.7 Å². The van der Waals surface area contributed by atoms with Crippen LogP contribution in [0.4, 0.5) is 0 Å². The van der Waals surface area contributed by atoms with Crippen LogP contribution in [-0.2, 0) is 9.59 Å². The molecule has 1 fully saturated rings. The van der Waals surface area contributed by atoms with E-state index in [1.54, 1.807) is 18.1 Å². The summed E-state index contributed by atoms with van der Waals surface area (Å²) in [6, 6.07) is 9.52. The fourth-order valence-corrected chi connectivity index (χ4v) is 4.16. The van der Waals surface area contributed by atoms with E-state index in [2.05, 4.69) is 10.7 Å². The van der Waals surface area contributed by atoms with E-state index < -0.39 is 17.6 Å². The van der Waals surface area contributed by atoms with Gasteiger partial charge in [0.2, 0.25) is 5.91 Å². The van der Waals surface area contributed by atoms with Gasteiger partial charge in [0.1, 0.15) is 11.2 Å². The second kappa shape index (κ2) is 7.09. The molecule has 1 saturated carbocycles. The standard InChI is InChI=1S/C19H26N4O3/c1-12(13-6-4-3-5-7-13)23-19(18(20)26,14-8-9-15(24)10-14)11-16(22-23)17(25)21-2/h3-7,11-12,14-15,22,24H,8-10H2,1-2H3,(H2,20,26)(H,21,25)/t12-,14-,15-,19?/m0/s1. The molecule has 0 aromatic heterocycles. The van der Waals surface area contributed by atoms with Crippen molar-refractivity contribution in [3.05, 3.63) is 47.7 Å². The van der Waals surface area contributed by atoms with E-state index in [9.17, 15) is 14.7 Å². The van der Waals surface area contributed by atoms with Gasteiger partial charge in [-0.3, -0.25) is 9.59 Å². The highest BCUT2D eigenvalue weighted by molar-refractivity contribution is 5.97. The summed E-state index contributed by atoms with van der Waals surface area (Å²) in [5.74, 6) is -1.00. The molecule has 1 aliphatic heterocycles. The van der Waals surface area contributed by atoms with Crippen LogP contribution in [0, 0.1) is 5.92 Å². The minimum atomic E-state index is -1.17. The molecule has 0 saturated heterocycles. The number of hydrogen-bond donors (Lipinski definition) is 4. The van der Waals surface area contributed by atoms with Crippen molar-refractivity contribution < 1.29 is 14.7 Å². The molecule has 7 heteroatoms. The van der Waals surface area contributed by atoms with E-state index in [0.29, 0.717) is 25.0 Å². The lowest BCUT2D eigenvalue weighted by molar-refractivity contribution is -0.134. The van der Waals surface area contributed by atoms with Crippen LogP contribution in [0.1, 0.15) is 37.8 Å². The molecule has 1 unspecified atom stereocenters. The average molecular weight is 358 g/mol. The Bertz CT molecular complexity index is 721. The third-order valence-corrected chi connectivity index (χ3v) is 5.57. The molecule has 2 aliphatic rings. The summed E-state index contributed by atoms with van der Waals surface area (Å²) in [6.07, 6.45) is 2.94. The number of carbonyl (C=O) groups excluding carboxylic acids is 2. The fourth-order valence-electron chi connectivity index (χ4n) is 4.16. The Hall–Kier alpha value is -2.38. The van der Waals surface area contributed by atoms with Crippen LogP contribution < -0.4 is 16.5 Å². The molecule has 1 heterocycles. The predicted octanol–water partition coefficient (Wildman–Crippen LogP) is 0.583. The number of amides is 2. The van der Waals surface area contributed by atoms with Gasteiger partial charge >= 0.3 is 0 Å². The largest absolute Gasteiger partial charge is 0.393 e. The normalized spacial score (nSPS) is 29.7. The van der Waals surface area contributed by atoms with Gasteiger partial charge in [-0.15, -0.1) is 0 Å². The molecular weight excluding hydrogens is 332 g/mol. The maximum Gasteiger partial charge on any atom is 0.268 e. The molecule has 1 aromatic rings. The number of hydrazine groups is 1. The number of nitrogens with one attached hydrogen (secondary N) is 2. The molecule has 1 aliphatic carbocycles. The number of nitrogens with zero attached hydrogens (tertiary/aromatic N) is 1. The van der Waals surface area contributed by atoms with E-state index in [-0.39, 0.29) is 17.9 Å². The van der Waals surface area contributed by atoms with Gasteiger partial charge in [0.05, 0.1) is 12.1 Å². The van der Waals surface area contributed by atoms with Gasteiger partial charge in [-0.2, -0.15) is 5.01 Å². The van der Waals surface area contributed by atoms with Crippen molar-refractivity contribution in [3.8, 4) is 0 Å². The van der Waals surface area contributed by atoms with E-state index in [4.69, 9.17) is 5.73 Å². The van der Waals surface area contributed by atoms with Crippen molar-refractivity contribution >= 4 is 11.8 Å². The molecule has 2 amide bonds. The Morgan fingerprint density at radius 2 is 2.04 bits per heavy atom. The van der Waals surface area contributed by atoms with E-state index in [0.717, 1.165) is 5.56 Å². The van der Waals surface area contributed by atoms with Gasteiger partial charge in [0, 0.05) is 7.05 Å². The minimum Gasteiger partial charge on any atom is -0.393 e. The smallest absolute Gasteiger partial charge is 0.268 e. The molecule has 26 heavy (non-hydrogen) atoms. The van der Waals surface area contributed by atoms with Gasteiger partial charge in [0.15, 0.2) is 0 Å². The molecule has 7 nitrogen and oxygen atoms in total. The second-order valence-corrected chi connectivity index (χ2v) is 7.06. The molecular formula is C19H26N4O3. The summed E-state index contributed by atoms with van der Waals surface area (Å²) >= 11 is 0. The number of rotatable bonds is 5. The molecule has 0 spiro atoms. The van der Waals surface area contributed by atoms with Crippen molar-refractivity contribution in [2.24, 2.45) is 11.7 Å². The molecule has 1 aromatic carbocycles. The lowest BCUT2D eigenvalue weighted by Crippen LogP contribution is -2.61. The number of benzene rings is 1. The third kappa shape index (κ3) is 2.97. The Balaban J connectivity index is 2.06. The van der Waals surface area contributed by atoms with Crippen molar-refractivity contribution in [1.29, 1.82) is 0 Å². The molecule has 0 bridgehead atoms. The summed E-state index contributed by atoms with van der Waals surface area (Å²) in [5, 5.41) is 14.4.